The van der Waals surface area contributed by atoms with E-state index < -0.39 is 0 Å². The summed E-state index contributed by atoms with van der Waals surface area (Å²) in [7, 11) is 0. The number of fused-ring (bicyclic) bond motifs is 1. The second kappa shape index (κ2) is 4.22. The first kappa shape index (κ1) is 10.9. The Morgan fingerprint density at radius 2 is 1.83 bits per heavy atom. The van der Waals surface area contributed by atoms with E-state index in [-0.39, 0.29) is 0 Å². The van der Waals surface area contributed by atoms with Gasteiger partial charge in [0.15, 0.2) is 5.65 Å². The van der Waals surface area contributed by atoms with Gasteiger partial charge in [0.05, 0.1) is 17.3 Å². The third kappa shape index (κ3) is 1.76. The number of hydrogen-bond donors (Lipinski definition) is 0. The summed E-state index contributed by atoms with van der Waals surface area (Å²) in [4.78, 5) is 8.26. The molecule has 0 atom stereocenters. The maximum Gasteiger partial charge on any atom is 0.166 e. The molecule has 90 valence electrons. The van der Waals surface area contributed by atoms with E-state index in [4.69, 9.17) is 0 Å². The summed E-state index contributed by atoms with van der Waals surface area (Å²) >= 11 is 0. The number of rotatable bonds is 2. The number of aromatic nitrogens is 4. The largest absolute Gasteiger partial charge is 0.244 e. The average molecular weight is 238 g/mol. The normalized spacial score (nSPS) is 11.3. The van der Waals surface area contributed by atoms with Crippen molar-refractivity contribution in [2.75, 3.05) is 0 Å². The van der Waals surface area contributed by atoms with Crippen LogP contribution < -0.4 is 0 Å². The van der Waals surface area contributed by atoms with Gasteiger partial charge < -0.3 is 0 Å². The molecule has 2 aromatic heterocycles. The van der Waals surface area contributed by atoms with Crippen LogP contribution in [0.15, 0.2) is 43.0 Å². The molecule has 0 fully saturated rings. The van der Waals surface area contributed by atoms with E-state index in [0.29, 0.717) is 5.92 Å². The Kier molecular flexibility index (Phi) is 2.55. The van der Waals surface area contributed by atoms with Crippen LogP contribution in [0.1, 0.15) is 25.3 Å². The van der Waals surface area contributed by atoms with Crippen LogP contribution in [0, 0.1) is 0 Å². The van der Waals surface area contributed by atoms with Gasteiger partial charge in [-0.05, 0) is 23.6 Å². The Labute approximate surface area is 105 Å². The summed E-state index contributed by atoms with van der Waals surface area (Å²) < 4.78 is 1.83. The molecule has 4 nitrogen and oxygen atoms in total. The van der Waals surface area contributed by atoms with Crippen molar-refractivity contribution in [3.8, 4) is 5.69 Å². The molecule has 0 saturated heterocycles. The smallest absolute Gasteiger partial charge is 0.166 e. The monoisotopic (exact) mass is 238 g/mol. The van der Waals surface area contributed by atoms with E-state index in [1.54, 1.807) is 18.7 Å². The molecule has 3 aromatic rings. The van der Waals surface area contributed by atoms with Crippen LogP contribution >= 0.6 is 0 Å². The van der Waals surface area contributed by atoms with Crippen molar-refractivity contribution in [3.63, 3.8) is 0 Å². The third-order valence-electron chi connectivity index (χ3n) is 3.04. The fourth-order valence-electron chi connectivity index (χ4n) is 1.97. The van der Waals surface area contributed by atoms with Gasteiger partial charge >= 0.3 is 0 Å². The number of nitrogens with zero attached hydrogens (tertiary/aromatic N) is 4. The standard InChI is InChI=1S/C14H14N4/c1-10(2)11-3-5-13(6-4-11)18-14-12(8-17-18)7-15-9-16-14/h3-10H,1-2H3. The summed E-state index contributed by atoms with van der Waals surface area (Å²) in [5.74, 6) is 0.538. The van der Waals surface area contributed by atoms with Crippen molar-refractivity contribution >= 4 is 11.0 Å². The summed E-state index contributed by atoms with van der Waals surface area (Å²) in [6, 6.07) is 8.41. The first-order valence-corrected chi connectivity index (χ1v) is 6.00. The molecule has 0 spiro atoms. The van der Waals surface area contributed by atoms with E-state index >= 15 is 0 Å². The fraction of sp³-hybridized carbons (Fsp3) is 0.214. The predicted molar refractivity (Wildman–Crippen MR) is 70.7 cm³/mol. The van der Waals surface area contributed by atoms with E-state index in [1.807, 2.05) is 4.68 Å². The van der Waals surface area contributed by atoms with Gasteiger partial charge in [0.25, 0.3) is 0 Å². The van der Waals surface area contributed by atoms with Crippen LogP contribution in [0.3, 0.4) is 0 Å². The molecule has 0 saturated carbocycles. The predicted octanol–water partition coefficient (Wildman–Crippen LogP) is 2.94. The molecule has 0 N–H and O–H groups in total. The van der Waals surface area contributed by atoms with Crippen LogP contribution in [-0.2, 0) is 0 Å². The molecule has 2 heterocycles. The molecule has 1 aromatic carbocycles. The van der Waals surface area contributed by atoms with E-state index in [2.05, 4.69) is 53.2 Å². The van der Waals surface area contributed by atoms with Gasteiger partial charge in [0.1, 0.15) is 6.33 Å². The summed E-state index contributed by atoms with van der Waals surface area (Å²) in [6.07, 6.45) is 5.10. The van der Waals surface area contributed by atoms with Crippen LogP contribution in [0.4, 0.5) is 0 Å². The summed E-state index contributed by atoms with van der Waals surface area (Å²) in [5.41, 5.74) is 3.18. The average Bonchev–Trinajstić information content (AvgIpc) is 2.82. The van der Waals surface area contributed by atoms with Crippen molar-refractivity contribution in [2.45, 2.75) is 19.8 Å². The topological polar surface area (TPSA) is 43.6 Å². The first-order valence-electron chi connectivity index (χ1n) is 6.00. The van der Waals surface area contributed by atoms with Crippen LogP contribution in [0.5, 0.6) is 0 Å². The molecule has 0 aliphatic carbocycles. The minimum absolute atomic E-state index is 0.538. The summed E-state index contributed by atoms with van der Waals surface area (Å²) in [6.45, 7) is 4.37. The molecule has 0 aliphatic rings. The van der Waals surface area contributed by atoms with Gasteiger partial charge in [-0.15, -0.1) is 0 Å². The molecular formula is C14H14N4. The molecule has 0 bridgehead atoms. The zero-order chi connectivity index (χ0) is 12.5. The van der Waals surface area contributed by atoms with Crippen LogP contribution in [0.25, 0.3) is 16.7 Å². The SMILES string of the molecule is CC(C)c1ccc(-n2ncc3cncnc32)cc1. The molecule has 0 aliphatic heterocycles. The quantitative estimate of drug-likeness (QED) is 0.689. The Hall–Kier alpha value is -2.23. The first-order chi connectivity index (χ1) is 8.75. The highest BCUT2D eigenvalue weighted by molar-refractivity contribution is 5.74. The van der Waals surface area contributed by atoms with Gasteiger partial charge in [0.2, 0.25) is 0 Å². The zero-order valence-corrected chi connectivity index (χ0v) is 10.4. The fourth-order valence-corrected chi connectivity index (χ4v) is 1.97. The van der Waals surface area contributed by atoms with Crippen molar-refractivity contribution < 1.29 is 0 Å². The molecule has 3 rings (SSSR count). The molecular weight excluding hydrogens is 224 g/mol. The van der Waals surface area contributed by atoms with Crippen molar-refractivity contribution in [1.82, 2.24) is 19.7 Å². The lowest BCUT2D eigenvalue weighted by Crippen LogP contribution is -1.98. The zero-order valence-electron chi connectivity index (χ0n) is 10.4. The van der Waals surface area contributed by atoms with E-state index in [9.17, 15) is 0 Å². The van der Waals surface area contributed by atoms with Crippen LogP contribution in [-0.4, -0.2) is 19.7 Å². The van der Waals surface area contributed by atoms with Crippen molar-refractivity contribution in [2.24, 2.45) is 0 Å². The minimum atomic E-state index is 0.538. The molecule has 4 heteroatoms. The molecule has 0 amide bonds. The molecule has 18 heavy (non-hydrogen) atoms. The van der Waals surface area contributed by atoms with E-state index in [1.165, 1.54) is 5.56 Å². The van der Waals surface area contributed by atoms with Crippen molar-refractivity contribution in [1.29, 1.82) is 0 Å². The van der Waals surface area contributed by atoms with Gasteiger partial charge in [-0.3, -0.25) is 0 Å². The lowest BCUT2D eigenvalue weighted by atomic mass is 10.0. The minimum Gasteiger partial charge on any atom is -0.244 e. The van der Waals surface area contributed by atoms with Crippen molar-refractivity contribution in [3.05, 3.63) is 48.5 Å². The van der Waals surface area contributed by atoms with Crippen LogP contribution in [0.2, 0.25) is 0 Å². The third-order valence-corrected chi connectivity index (χ3v) is 3.04. The lowest BCUT2D eigenvalue weighted by Gasteiger charge is -2.07. The number of benzene rings is 1. The van der Waals surface area contributed by atoms with E-state index in [0.717, 1.165) is 16.7 Å². The van der Waals surface area contributed by atoms with Gasteiger partial charge in [-0.1, -0.05) is 26.0 Å². The molecule has 0 unspecified atom stereocenters. The van der Waals surface area contributed by atoms with Gasteiger partial charge in [0, 0.05) is 6.20 Å². The Morgan fingerprint density at radius 3 is 2.56 bits per heavy atom. The Balaban J connectivity index is 2.09. The Morgan fingerprint density at radius 1 is 1.06 bits per heavy atom. The maximum absolute atomic E-state index is 4.35. The highest BCUT2D eigenvalue weighted by Crippen LogP contribution is 2.19. The second-order valence-electron chi connectivity index (χ2n) is 4.60. The molecule has 0 radical (unpaired) electrons. The Bertz CT molecular complexity index is 668. The number of hydrogen-bond acceptors (Lipinski definition) is 3. The van der Waals surface area contributed by atoms with Gasteiger partial charge in [-0.25, -0.2) is 14.6 Å². The second-order valence-corrected chi connectivity index (χ2v) is 4.60. The van der Waals surface area contributed by atoms with Gasteiger partial charge in [-0.2, -0.15) is 5.10 Å². The lowest BCUT2D eigenvalue weighted by molar-refractivity contribution is 0.858. The highest BCUT2D eigenvalue weighted by Gasteiger charge is 2.06. The maximum atomic E-state index is 4.35. The summed E-state index contributed by atoms with van der Waals surface area (Å²) in [5, 5.41) is 5.30. The highest BCUT2D eigenvalue weighted by atomic mass is 15.3.